The highest BCUT2D eigenvalue weighted by Gasteiger charge is 2.61. The molecule has 0 aliphatic heterocycles. The summed E-state index contributed by atoms with van der Waals surface area (Å²) in [6, 6.07) is 59.6. The zero-order valence-electron chi connectivity index (χ0n) is 30.3. The Morgan fingerprint density at radius 3 is 1.67 bits per heavy atom. The molecular weight excluding hydrogens is 653 g/mol. The van der Waals surface area contributed by atoms with Crippen molar-refractivity contribution in [3.05, 3.63) is 174 Å². The number of rotatable bonds is 5. The molecule has 5 aliphatic rings. The minimum Gasteiger partial charge on any atom is -0.248 e. The van der Waals surface area contributed by atoms with E-state index >= 15 is 0 Å². The van der Waals surface area contributed by atoms with Crippen molar-refractivity contribution in [2.45, 2.75) is 37.5 Å². The number of hydrogen-bond donors (Lipinski definition) is 0. The van der Waals surface area contributed by atoms with Crippen LogP contribution in [0.3, 0.4) is 0 Å². The summed E-state index contributed by atoms with van der Waals surface area (Å²) in [5.41, 5.74) is 17.8. The van der Waals surface area contributed by atoms with Gasteiger partial charge in [-0.15, -0.1) is 0 Å². The van der Waals surface area contributed by atoms with Gasteiger partial charge in [0.1, 0.15) is 0 Å². The highest BCUT2D eigenvalue weighted by atomic mass is 14.7. The first kappa shape index (κ1) is 31.5. The van der Waals surface area contributed by atoms with Crippen molar-refractivity contribution in [3.8, 4) is 73.1 Å². The molecule has 1 heterocycles. The van der Waals surface area contributed by atoms with Gasteiger partial charge in [-0.2, -0.15) is 5.26 Å². The number of nitrogens with zero attached hydrogens (tertiary/aromatic N) is 2. The Kier molecular flexibility index (Phi) is 7.15. The number of pyridine rings is 1. The number of nitriles is 1. The zero-order valence-corrected chi connectivity index (χ0v) is 30.3. The van der Waals surface area contributed by atoms with E-state index in [0.29, 0.717) is 11.8 Å². The van der Waals surface area contributed by atoms with Crippen molar-refractivity contribution in [2.24, 2.45) is 23.7 Å². The summed E-state index contributed by atoms with van der Waals surface area (Å²) in [5.74, 6) is 3.05. The molecule has 0 amide bonds. The maximum atomic E-state index is 10.2. The van der Waals surface area contributed by atoms with Gasteiger partial charge in [0.05, 0.1) is 23.0 Å². The molecular formula is C52H40N2. The summed E-state index contributed by atoms with van der Waals surface area (Å²) in [4.78, 5) is 5.15. The molecule has 4 fully saturated rings. The van der Waals surface area contributed by atoms with Crippen LogP contribution in [0.5, 0.6) is 0 Å². The Labute approximate surface area is 317 Å². The molecule has 0 radical (unpaired) electrons. The second-order valence-electron chi connectivity index (χ2n) is 16.3. The fraction of sp³-hybridized carbons (Fsp3) is 0.192. The van der Waals surface area contributed by atoms with Crippen molar-refractivity contribution in [1.82, 2.24) is 4.98 Å². The van der Waals surface area contributed by atoms with Crippen LogP contribution in [0.2, 0.25) is 0 Å². The highest BCUT2D eigenvalue weighted by Crippen LogP contribution is 2.70. The van der Waals surface area contributed by atoms with Crippen LogP contribution < -0.4 is 0 Å². The van der Waals surface area contributed by atoms with E-state index in [1.807, 2.05) is 12.1 Å². The predicted octanol–water partition coefficient (Wildman–Crippen LogP) is 13.0. The van der Waals surface area contributed by atoms with E-state index < -0.39 is 0 Å². The second-order valence-corrected chi connectivity index (χ2v) is 16.3. The molecule has 7 aromatic rings. The van der Waals surface area contributed by atoms with Gasteiger partial charge < -0.3 is 0 Å². The van der Waals surface area contributed by atoms with Crippen LogP contribution in [0.4, 0.5) is 0 Å². The molecule has 0 saturated heterocycles. The normalized spacial score (nSPS) is 22.9. The van der Waals surface area contributed by atoms with Gasteiger partial charge in [0.25, 0.3) is 0 Å². The van der Waals surface area contributed by atoms with E-state index in [1.54, 1.807) is 0 Å². The predicted molar refractivity (Wildman–Crippen MR) is 219 cm³/mol. The van der Waals surface area contributed by atoms with Crippen molar-refractivity contribution in [2.75, 3.05) is 0 Å². The lowest BCUT2D eigenvalue weighted by Gasteiger charge is -2.61. The Hall–Kier alpha value is -6.04. The second kappa shape index (κ2) is 12.3. The van der Waals surface area contributed by atoms with Crippen LogP contribution in [-0.4, -0.2) is 4.98 Å². The van der Waals surface area contributed by atoms with Gasteiger partial charge in [0.15, 0.2) is 0 Å². The molecule has 4 bridgehead atoms. The van der Waals surface area contributed by atoms with Crippen LogP contribution >= 0.6 is 0 Å². The molecule has 0 atom stereocenters. The van der Waals surface area contributed by atoms with Crippen LogP contribution in [0, 0.1) is 35.0 Å². The summed E-state index contributed by atoms with van der Waals surface area (Å²) in [6.07, 6.45) is 6.76. The lowest BCUT2D eigenvalue weighted by Crippen LogP contribution is -2.55. The van der Waals surface area contributed by atoms with E-state index in [2.05, 4.69) is 152 Å². The SMILES string of the molecule is N#Cc1ccccc1-c1cccc2c1-c1ccc(-c3cccc(-c4cc(-c5ccccc5)nc(-c5ccccc5)c4)c3)cc1C21C2CC3CC(C2)CC1C3. The maximum Gasteiger partial charge on any atom is 0.0998 e. The Morgan fingerprint density at radius 1 is 0.444 bits per heavy atom. The van der Waals surface area contributed by atoms with Crippen LogP contribution in [0.15, 0.2) is 158 Å². The third-order valence-electron chi connectivity index (χ3n) is 13.5. The van der Waals surface area contributed by atoms with E-state index in [-0.39, 0.29) is 5.41 Å². The Bertz CT molecular complexity index is 2540. The summed E-state index contributed by atoms with van der Waals surface area (Å²) < 4.78 is 0. The Morgan fingerprint density at radius 2 is 1.00 bits per heavy atom. The van der Waals surface area contributed by atoms with Gasteiger partial charge in [-0.1, -0.05) is 127 Å². The summed E-state index contributed by atoms with van der Waals surface area (Å²) in [6.45, 7) is 0. The summed E-state index contributed by atoms with van der Waals surface area (Å²) in [7, 11) is 0. The molecule has 12 rings (SSSR count). The van der Waals surface area contributed by atoms with Crippen molar-refractivity contribution >= 4 is 0 Å². The molecule has 258 valence electrons. The fourth-order valence-electron chi connectivity index (χ4n) is 11.6. The number of benzene rings is 6. The molecule has 0 N–H and O–H groups in total. The molecule has 5 aliphatic carbocycles. The molecule has 54 heavy (non-hydrogen) atoms. The Balaban J connectivity index is 1.08. The van der Waals surface area contributed by atoms with Gasteiger partial charge >= 0.3 is 0 Å². The highest BCUT2D eigenvalue weighted by molar-refractivity contribution is 5.95. The third kappa shape index (κ3) is 4.74. The zero-order chi connectivity index (χ0) is 35.8. The first-order chi connectivity index (χ1) is 26.7. The van der Waals surface area contributed by atoms with Gasteiger partial charge in [-0.25, -0.2) is 4.98 Å². The topological polar surface area (TPSA) is 36.7 Å². The lowest BCUT2D eigenvalue weighted by molar-refractivity contribution is -0.0399. The van der Waals surface area contributed by atoms with E-state index in [4.69, 9.17) is 4.98 Å². The largest absolute Gasteiger partial charge is 0.248 e. The van der Waals surface area contributed by atoms with Crippen molar-refractivity contribution in [1.29, 1.82) is 5.26 Å². The van der Waals surface area contributed by atoms with E-state index in [1.165, 1.54) is 76.6 Å². The lowest BCUT2D eigenvalue weighted by atomic mass is 9.43. The molecule has 0 unspecified atom stereocenters. The summed E-state index contributed by atoms with van der Waals surface area (Å²) >= 11 is 0. The number of aromatic nitrogens is 1. The van der Waals surface area contributed by atoms with Crippen LogP contribution in [0.1, 0.15) is 48.8 Å². The minimum absolute atomic E-state index is 0.0174. The third-order valence-corrected chi connectivity index (χ3v) is 13.5. The van der Waals surface area contributed by atoms with E-state index in [9.17, 15) is 5.26 Å². The van der Waals surface area contributed by atoms with Gasteiger partial charge in [0.2, 0.25) is 0 Å². The van der Waals surface area contributed by atoms with E-state index in [0.717, 1.165) is 51.0 Å². The van der Waals surface area contributed by atoms with Crippen molar-refractivity contribution < 1.29 is 0 Å². The average Bonchev–Trinajstić information content (AvgIpc) is 3.53. The monoisotopic (exact) mass is 692 g/mol. The molecule has 4 saturated carbocycles. The number of hydrogen-bond acceptors (Lipinski definition) is 2. The summed E-state index contributed by atoms with van der Waals surface area (Å²) in [5, 5.41) is 10.2. The quantitative estimate of drug-likeness (QED) is 0.180. The van der Waals surface area contributed by atoms with Gasteiger partial charge in [-0.05, 0) is 136 Å². The maximum absolute atomic E-state index is 10.2. The molecule has 2 nitrogen and oxygen atoms in total. The molecule has 1 spiro atoms. The number of fused-ring (bicyclic) bond motifs is 3. The van der Waals surface area contributed by atoms with Crippen LogP contribution in [0.25, 0.3) is 67.0 Å². The van der Waals surface area contributed by atoms with Gasteiger partial charge in [0, 0.05) is 22.1 Å². The minimum atomic E-state index is 0.0174. The average molecular weight is 693 g/mol. The van der Waals surface area contributed by atoms with Gasteiger partial charge in [-0.3, -0.25) is 0 Å². The first-order valence-electron chi connectivity index (χ1n) is 19.7. The smallest absolute Gasteiger partial charge is 0.0998 e. The molecule has 6 aromatic carbocycles. The molecule has 2 heteroatoms. The van der Waals surface area contributed by atoms with Crippen LogP contribution in [-0.2, 0) is 5.41 Å². The fourth-order valence-corrected chi connectivity index (χ4v) is 11.6. The molecule has 1 aromatic heterocycles. The standard InChI is InChI=1S/C52H40N2/c53-32-40-15-7-8-18-44(40)45-19-10-20-47-51(45)46-22-21-39(29-48(46)52(47)42-24-33-23-34(26-42)27-43(52)25-33)37-16-9-17-38(28-37)41-30-49(35-11-3-1-4-12-35)54-50(31-41)36-13-5-2-6-14-36/h1-22,28-31,33-34,42-43H,23-27H2. The first-order valence-corrected chi connectivity index (χ1v) is 19.7. The van der Waals surface area contributed by atoms with Crippen molar-refractivity contribution in [3.63, 3.8) is 0 Å².